The van der Waals surface area contributed by atoms with Crippen molar-refractivity contribution >= 4 is 38.9 Å². The Labute approximate surface area is 176 Å². The van der Waals surface area contributed by atoms with Crippen LogP contribution in [-0.2, 0) is 23.0 Å². The first-order valence-electron chi connectivity index (χ1n) is 9.34. The van der Waals surface area contributed by atoms with Gasteiger partial charge in [-0.25, -0.2) is 8.42 Å². The van der Waals surface area contributed by atoms with Gasteiger partial charge in [0.05, 0.1) is 4.90 Å². The summed E-state index contributed by atoms with van der Waals surface area (Å²) in [6, 6.07) is 10.9. The minimum atomic E-state index is -3.65. The van der Waals surface area contributed by atoms with Gasteiger partial charge in [0.2, 0.25) is 10.0 Å². The summed E-state index contributed by atoms with van der Waals surface area (Å²) < 4.78 is 27.8. The van der Waals surface area contributed by atoms with Crippen molar-refractivity contribution < 1.29 is 8.42 Å². The molecule has 2 aromatic carbocycles. The molecule has 0 saturated carbocycles. The third-order valence-electron chi connectivity index (χ3n) is 5.51. The molecular formula is C20H23Cl2N3O2S. The average molecular weight is 440 g/mol. The minimum Gasteiger partial charge on any atom is -0.369 e. The molecular weight excluding hydrogens is 417 g/mol. The number of hydrogen-bond acceptors (Lipinski definition) is 4. The molecule has 1 fully saturated rings. The Morgan fingerprint density at radius 2 is 1.54 bits per heavy atom. The van der Waals surface area contributed by atoms with Crippen LogP contribution in [-0.4, -0.2) is 57.4 Å². The van der Waals surface area contributed by atoms with Gasteiger partial charge in [0.1, 0.15) is 0 Å². The fourth-order valence-corrected chi connectivity index (χ4v) is 5.96. The number of halogens is 2. The first-order chi connectivity index (χ1) is 13.3. The summed E-state index contributed by atoms with van der Waals surface area (Å²) in [5.74, 6) is 0. The van der Waals surface area contributed by atoms with Crippen LogP contribution in [0.3, 0.4) is 0 Å². The van der Waals surface area contributed by atoms with Gasteiger partial charge in [-0.2, -0.15) is 4.31 Å². The standard InChI is InChI=1S/C20H23Cl2N3O2S/c1-23-6-8-24(9-7-23)19-3-2-15-4-5-25(14-16(15)10-19)28(26,27)20-12-17(21)11-18(22)13-20/h2-3,10-13H,4-9,14H2,1H3. The highest BCUT2D eigenvalue weighted by molar-refractivity contribution is 7.89. The molecule has 0 bridgehead atoms. The summed E-state index contributed by atoms with van der Waals surface area (Å²) in [6.45, 7) is 4.85. The molecule has 1 saturated heterocycles. The number of benzene rings is 2. The number of nitrogens with zero attached hydrogens (tertiary/aromatic N) is 3. The van der Waals surface area contributed by atoms with Crippen molar-refractivity contribution in [3.05, 3.63) is 57.6 Å². The quantitative estimate of drug-likeness (QED) is 0.733. The smallest absolute Gasteiger partial charge is 0.243 e. The summed E-state index contributed by atoms with van der Waals surface area (Å²) in [7, 11) is -1.52. The number of fused-ring (bicyclic) bond motifs is 1. The lowest BCUT2D eigenvalue weighted by molar-refractivity contribution is 0.312. The Morgan fingerprint density at radius 1 is 0.857 bits per heavy atom. The molecule has 5 nitrogen and oxygen atoms in total. The number of sulfonamides is 1. The number of rotatable bonds is 3. The van der Waals surface area contributed by atoms with E-state index >= 15 is 0 Å². The third kappa shape index (κ3) is 4.02. The summed E-state index contributed by atoms with van der Waals surface area (Å²) in [5.41, 5.74) is 3.45. The van der Waals surface area contributed by atoms with Gasteiger partial charge in [-0.3, -0.25) is 0 Å². The minimum absolute atomic E-state index is 0.142. The highest BCUT2D eigenvalue weighted by atomic mass is 35.5. The van der Waals surface area contributed by atoms with Crippen LogP contribution >= 0.6 is 23.2 Å². The molecule has 150 valence electrons. The number of piperazine rings is 1. The molecule has 0 unspecified atom stereocenters. The largest absolute Gasteiger partial charge is 0.369 e. The number of hydrogen-bond donors (Lipinski definition) is 0. The lowest BCUT2D eigenvalue weighted by atomic mass is 10.00. The third-order valence-corrected chi connectivity index (χ3v) is 7.77. The normalized spacial score (nSPS) is 18.9. The summed E-state index contributed by atoms with van der Waals surface area (Å²) in [6.07, 6.45) is 0.700. The van der Waals surface area contributed by atoms with Crippen molar-refractivity contribution in [2.24, 2.45) is 0 Å². The van der Waals surface area contributed by atoms with Crippen LogP contribution in [0.25, 0.3) is 0 Å². The molecule has 2 heterocycles. The Bertz CT molecular complexity index is 969. The lowest BCUT2D eigenvalue weighted by Gasteiger charge is -2.35. The van der Waals surface area contributed by atoms with Crippen LogP contribution in [0.1, 0.15) is 11.1 Å². The van der Waals surface area contributed by atoms with E-state index in [4.69, 9.17) is 23.2 Å². The number of anilines is 1. The molecule has 2 aliphatic heterocycles. The second-order valence-electron chi connectivity index (χ2n) is 7.44. The van der Waals surface area contributed by atoms with Gasteiger partial charge in [0.15, 0.2) is 0 Å². The van der Waals surface area contributed by atoms with Crippen molar-refractivity contribution in [2.75, 3.05) is 44.7 Å². The highest BCUT2D eigenvalue weighted by Crippen LogP contribution is 2.30. The van der Waals surface area contributed by atoms with Crippen LogP contribution in [0.2, 0.25) is 10.0 Å². The molecule has 28 heavy (non-hydrogen) atoms. The van der Waals surface area contributed by atoms with Crippen molar-refractivity contribution in [2.45, 2.75) is 17.9 Å². The van der Waals surface area contributed by atoms with E-state index in [2.05, 4.69) is 35.0 Å². The molecule has 0 amide bonds. The van der Waals surface area contributed by atoms with E-state index in [0.29, 0.717) is 29.6 Å². The zero-order valence-electron chi connectivity index (χ0n) is 15.7. The molecule has 0 radical (unpaired) electrons. The first-order valence-corrected chi connectivity index (χ1v) is 11.5. The fourth-order valence-electron chi connectivity index (χ4n) is 3.81. The van der Waals surface area contributed by atoms with Gasteiger partial charge in [-0.1, -0.05) is 29.3 Å². The Hall–Kier alpha value is -1.31. The maximum atomic E-state index is 13.1. The SMILES string of the molecule is CN1CCN(c2ccc3c(c2)CN(S(=O)(=O)c2cc(Cl)cc(Cl)c2)CC3)CC1. The predicted octanol–water partition coefficient (Wildman–Crippen LogP) is 3.49. The second-order valence-corrected chi connectivity index (χ2v) is 10.2. The van der Waals surface area contributed by atoms with Crippen LogP contribution in [0, 0.1) is 0 Å². The van der Waals surface area contributed by atoms with Gasteiger partial charge < -0.3 is 9.80 Å². The molecule has 4 rings (SSSR count). The maximum Gasteiger partial charge on any atom is 0.243 e. The molecule has 0 atom stereocenters. The molecule has 0 aromatic heterocycles. The van der Waals surface area contributed by atoms with Crippen LogP contribution < -0.4 is 4.90 Å². The van der Waals surface area contributed by atoms with Crippen LogP contribution in [0.5, 0.6) is 0 Å². The van der Waals surface area contributed by atoms with Gasteiger partial charge in [-0.05, 0) is 54.9 Å². The topological polar surface area (TPSA) is 43.9 Å². The van der Waals surface area contributed by atoms with Crippen LogP contribution in [0.15, 0.2) is 41.3 Å². The maximum absolute atomic E-state index is 13.1. The first kappa shape index (κ1) is 20.0. The van der Waals surface area contributed by atoms with E-state index in [9.17, 15) is 8.42 Å². The molecule has 8 heteroatoms. The Balaban J connectivity index is 1.59. The molecule has 0 spiro atoms. The summed E-state index contributed by atoms with van der Waals surface area (Å²) in [5, 5.41) is 0.640. The van der Waals surface area contributed by atoms with E-state index in [0.717, 1.165) is 37.4 Å². The van der Waals surface area contributed by atoms with Gasteiger partial charge >= 0.3 is 0 Å². The second kappa shape index (κ2) is 7.84. The zero-order chi connectivity index (χ0) is 19.9. The summed E-state index contributed by atoms with van der Waals surface area (Å²) >= 11 is 12.0. The van der Waals surface area contributed by atoms with Crippen molar-refractivity contribution in [3.8, 4) is 0 Å². The van der Waals surface area contributed by atoms with Gasteiger partial charge in [0.25, 0.3) is 0 Å². The monoisotopic (exact) mass is 439 g/mol. The Kier molecular flexibility index (Phi) is 5.60. The highest BCUT2D eigenvalue weighted by Gasteiger charge is 2.29. The van der Waals surface area contributed by atoms with Crippen LogP contribution in [0.4, 0.5) is 5.69 Å². The van der Waals surface area contributed by atoms with Crippen molar-refractivity contribution in [1.29, 1.82) is 0 Å². The van der Waals surface area contributed by atoms with E-state index < -0.39 is 10.0 Å². The van der Waals surface area contributed by atoms with E-state index in [1.54, 1.807) is 0 Å². The molecule has 2 aromatic rings. The van der Waals surface area contributed by atoms with E-state index in [1.807, 2.05) is 0 Å². The fraction of sp³-hybridized carbons (Fsp3) is 0.400. The van der Waals surface area contributed by atoms with Gasteiger partial charge in [0, 0.05) is 55.0 Å². The predicted molar refractivity (Wildman–Crippen MR) is 114 cm³/mol. The number of likely N-dealkylation sites (N-methyl/N-ethyl adjacent to an activating group) is 1. The summed E-state index contributed by atoms with van der Waals surface area (Å²) in [4.78, 5) is 4.83. The molecule has 0 aliphatic carbocycles. The Morgan fingerprint density at radius 3 is 2.21 bits per heavy atom. The molecule has 2 aliphatic rings. The average Bonchev–Trinajstić information content (AvgIpc) is 2.67. The van der Waals surface area contributed by atoms with E-state index in [-0.39, 0.29) is 4.90 Å². The zero-order valence-corrected chi connectivity index (χ0v) is 18.1. The lowest BCUT2D eigenvalue weighted by Crippen LogP contribution is -2.44. The van der Waals surface area contributed by atoms with Crippen molar-refractivity contribution in [3.63, 3.8) is 0 Å². The molecule has 0 N–H and O–H groups in total. The van der Waals surface area contributed by atoms with Gasteiger partial charge in [-0.15, -0.1) is 0 Å². The van der Waals surface area contributed by atoms with E-state index in [1.165, 1.54) is 28.1 Å². The van der Waals surface area contributed by atoms with Crippen molar-refractivity contribution in [1.82, 2.24) is 9.21 Å².